The number of Topliss-reactive ketones (excluding diaryl/α,β-unsaturated/α-hetero) is 2. The van der Waals surface area contributed by atoms with Crippen LogP contribution in [0.5, 0.6) is 0 Å². The van der Waals surface area contributed by atoms with E-state index in [1.165, 1.54) is 6.42 Å². The van der Waals surface area contributed by atoms with E-state index in [9.17, 15) is 19.8 Å². The zero-order chi connectivity index (χ0) is 27.1. The molecule has 36 heavy (non-hydrogen) atoms. The first kappa shape index (κ1) is 28.2. The van der Waals surface area contributed by atoms with Crippen molar-refractivity contribution in [2.24, 2.45) is 69.5 Å². The molecular weight excluding hydrogens is 452 g/mol. The first-order chi connectivity index (χ1) is 16.6. The fourth-order valence-corrected chi connectivity index (χ4v) is 10.8. The Kier molecular flexibility index (Phi) is 7.18. The second-order valence-corrected chi connectivity index (χ2v) is 14.3. The average molecular weight is 505 g/mol. The van der Waals surface area contributed by atoms with Crippen molar-refractivity contribution >= 4 is 11.6 Å². The number of aliphatic hydroxyl groups excluding tert-OH is 2. The third-order valence-electron chi connectivity index (χ3n) is 12.8. The molecule has 4 rings (SSSR count). The largest absolute Gasteiger partial charge is 0.392 e. The van der Waals surface area contributed by atoms with E-state index in [1.807, 2.05) is 20.8 Å². The van der Waals surface area contributed by atoms with Gasteiger partial charge in [-0.2, -0.15) is 0 Å². The van der Waals surface area contributed by atoms with E-state index < -0.39 is 40.7 Å². The van der Waals surface area contributed by atoms with Crippen molar-refractivity contribution in [2.75, 3.05) is 0 Å². The maximum atomic E-state index is 14.4. The fraction of sp³-hybridized carbons (Fsp3) is 0.935. The molecule has 15 atom stereocenters. The summed E-state index contributed by atoms with van der Waals surface area (Å²) < 4.78 is 6.66. The molecule has 2 N–H and O–H groups in total. The van der Waals surface area contributed by atoms with Gasteiger partial charge in [-0.05, 0) is 67.1 Å². The molecule has 4 fully saturated rings. The van der Waals surface area contributed by atoms with Gasteiger partial charge in [0.05, 0.1) is 18.1 Å². The summed E-state index contributed by atoms with van der Waals surface area (Å²) in [4.78, 5) is 27.1. The second kappa shape index (κ2) is 9.16. The van der Waals surface area contributed by atoms with Gasteiger partial charge in [-0.15, -0.1) is 0 Å². The first-order valence-corrected chi connectivity index (χ1v) is 14.7. The van der Waals surface area contributed by atoms with E-state index in [1.54, 1.807) is 6.92 Å². The molecule has 0 radical (unpaired) electrons. The highest BCUT2D eigenvalue weighted by atomic mass is 16.6. The van der Waals surface area contributed by atoms with Crippen LogP contribution < -0.4 is 0 Å². The minimum atomic E-state index is -0.928. The summed E-state index contributed by atoms with van der Waals surface area (Å²) in [6.45, 7) is 21.1. The molecule has 0 aromatic rings. The van der Waals surface area contributed by atoms with Gasteiger partial charge in [0.1, 0.15) is 11.6 Å². The Labute approximate surface area is 219 Å². The highest BCUT2D eigenvalue weighted by molar-refractivity contribution is 6.05. The van der Waals surface area contributed by atoms with Gasteiger partial charge in [-0.3, -0.25) is 9.59 Å². The van der Waals surface area contributed by atoms with Gasteiger partial charge < -0.3 is 14.9 Å². The topological polar surface area (TPSA) is 83.8 Å². The van der Waals surface area contributed by atoms with Gasteiger partial charge in [0.25, 0.3) is 0 Å². The predicted octanol–water partition coefficient (Wildman–Crippen LogP) is 5.51. The standard InChI is InChI=1S/C31H52O5/c1-11-21(33)36-28-29(8)14-17(4)23(20(7)32)27(35)31(29,10)19(6)25-26(34)24-16(3)13-12-15(2)22(24)18(5)30(25,28)9/h15-19,21-26,28,33-34H,11-14H2,1-10H3. The molecular formula is C31H52O5. The van der Waals surface area contributed by atoms with Gasteiger partial charge in [-0.25, -0.2) is 0 Å². The lowest BCUT2D eigenvalue weighted by molar-refractivity contribution is -0.330. The van der Waals surface area contributed by atoms with E-state index in [0.29, 0.717) is 30.6 Å². The van der Waals surface area contributed by atoms with Crippen LogP contribution in [0, 0.1) is 69.5 Å². The van der Waals surface area contributed by atoms with E-state index in [4.69, 9.17) is 4.74 Å². The molecule has 4 aliphatic rings. The summed E-state index contributed by atoms with van der Waals surface area (Å²) in [6.07, 6.45) is 1.58. The number of hydrogen-bond donors (Lipinski definition) is 2. The van der Waals surface area contributed by atoms with Crippen LogP contribution >= 0.6 is 0 Å². The highest BCUT2D eigenvalue weighted by Gasteiger charge is 2.76. The van der Waals surface area contributed by atoms with Gasteiger partial charge in [0.2, 0.25) is 0 Å². The van der Waals surface area contributed by atoms with E-state index in [0.717, 1.165) is 6.42 Å². The monoisotopic (exact) mass is 504 g/mol. The molecule has 0 aromatic carbocycles. The third kappa shape index (κ3) is 3.43. The van der Waals surface area contributed by atoms with Crippen LogP contribution in [0.4, 0.5) is 0 Å². The van der Waals surface area contributed by atoms with Crippen LogP contribution in [0.25, 0.3) is 0 Å². The average Bonchev–Trinajstić information content (AvgIpc) is 2.79. The van der Waals surface area contributed by atoms with Crippen molar-refractivity contribution in [3.63, 3.8) is 0 Å². The number of fused-ring (bicyclic) bond motifs is 3. The first-order valence-electron chi connectivity index (χ1n) is 14.7. The molecule has 4 aliphatic carbocycles. The SMILES string of the molecule is CCC(O)OC1C2(C)C(C)C3C(C)CCC(C)C3C(O)C2C(C)C2(C)C(=O)C(C(C)=O)C(C)CC12C. The van der Waals surface area contributed by atoms with Gasteiger partial charge in [0.15, 0.2) is 6.29 Å². The molecule has 0 aliphatic heterocycles. The van der Waals surface area contributed by atoms with Crippen molar-refractivity contribution in [1.82, 2.24) is 0 Å². The lowest BCUT2D eigenvalue weighted by Gasteiger charge is -2.74. The number of ketones is 2. The fourth-order valence-electron chi connectivity index (χ4n) is 10.8. The quantitative estimate of drug-likeness (QED) is 0.390. The molecule has 0 saturated heterocycles. The Bertz CT molecular complexity index is 886. The number of carbonyl (C=O) groups excluding carboxylic acids is 2. The molecule has 15 unspecified atom stereocenters. The molecule has 0 bridgehead atoms. The van der Waals surface area contributed by atoms with Crippen LogP contribution in [0.3, 0.4) is 0 Å². The second-order valence-electron chi connectivity index (χ2n) is 14.3. The van der Waals surface area contributed by atoms with Crippen LogP contribution in [0.2, 0.25) is 0 Å². The normalized spacial score (nSPS) is 55.8. The van der Waals surface area contributed by atoms with Gasteiger partial charge in [0, 0.05) is 16.2 Å². The van der Waals surface area contributed by atoms with E-state index >= 15 is 0 Å². The third-order valence-corrected chi connectivity index (χ3v) is 12.8. The van der Waals surface area contributed by atoms with Crippen LogP contribution in [-0.4, -0.2) is 40.3 Å². The smallest absolute Gasteiger partial charge is 0.154 e. The summed E-state index contributed by atoms with van der Waals surface area (Å²) >= 11 is 0. The summed E-state index contributed by atoms with van der Waals surface area (Å²) in [7, 11) is 0. The maximum Gasteiger partial charge on any atom is 0.154 e. The minimum Gasteiger partial charge on any atom is -0.392 e. The molecule has 206 valence electrons. The Morgan fingerprint density at radius 3 is 2.08 bits per heavy atom. The van der Waals surface area contributed by atoms with Gasteiger partial charge in [-0.1, -0.05) is 75.2 Å². The van der Waals surface area contributed by atoms with Crippen molar-refractivity contribution in [3.8, 4) is 0 Å². The minimum absolute atomic E-state index is 0.0115. The Morgan fingerprint density at radius 1 is 1.00 bits per heavy atom. The van der Waals surface area contributed by atoms with Crippen LogP contribution in [0.15, 0.2) is 0 Å². The van der Waals surface area contributed by atoms with Crippen molar-refractivity contribution in [3.05, 3.63) is 0 Å². The highest BCUT2D eigenvalue weighted by Crippen LogP contribution is 2.73. The molecule has 4 saturated carbocycles. The van der Waals surface area contributed by atoms with Crippen LogP contribution in [-0.2, 0) is 14.3 Å². The lowest BCUT2D eigenvalue weighted by atomic mass is 9.31. The zero-order valence-corrected chi connectivity index (χ0v) is 24.4. The summed E-state index contributed by atoms with van der Waals surface area (Å²) in [5, 5.41) is 23.2. The summed E-state index contributed by atoms with van der Waals surface area (Å²) in [6, 6.07) is 0. The Morgan fingerprint density at radius 2 is 1.56 bits per heavy atom. The van der Waals surface area contributed by atoms with Crippen molar-refractivity contribution in [1.29, 1.82) is 0 Å². The Hall–Kier alpha value is -0.780. The summed E-state index contributed by atoms with van der Waals surface area (Å²) in [5.41, 5.74) is -1.82. The van der Waals surface area contributed by atoms with Crippen molar-refractivity contribution in [2.45, 2.75) is 113 Å². The molecule has 0 heterocycles. The molecule has 5 nitrogen and oxygen atoms in total. The summed E-state index contributed by atoms with van der Waals surface area (Å²) in [5.74, 6) is 0.738. The molecule has 0 aromatic heterocycles. The maximum absolute atomic E-state index is 14.4. The predicted molar refractivity (Wildman–Crippen MR) is 141 cm³/mol. The number of aliphatic hydroxyl groups is 2. The number of rotatable bonds is 4. The van der Waals surface area contributed by atoms with Gasteiger partial charge >= 0.3 is 0 Å². The van der Waals surface area contributed by atoms with Crippen LogP contribution in [0.1, 0.15) is 94.9 Å². The number of hydrogen-bond acceptors (Lipinski definition) is 5. The number of carbonyl (C=O) groups is 2. The lowest BCUT2D eigenvalue weighted by Crippen LogP contribution is -2.77. The number of ether oxygens (including phenoxy) is 1. The zero-order valence-electron chi connectivity index (χ0n) is 24.4. The van der Waals surface area contributed by atoms with E-state index in [-0.39, 0.29) is 41.2 Å². The molecule has 0 spiro atoms. The molecule has 5 heteroatoms. The Balaban J connectivity index is 1.96. The van der Waals surface area contributed by atoms with Crippen molar-refractivity contribution < 1.29 is 24.5 Å². The molecule has 0 amide bonds. The van der Waals surface area contributed by atoms with E-state index in [2.05, 4.69) is 41.5 Å².